The quantitative estimate of drug-likeness (QED) is 0.735. The predicted molar refractivity (Wildman–Crippen MR) is 116 cm³/mol. The molecule has 2 amide bonds. The van der Waals surface area contributed by atoms with E-state index in [1.165, 1.54) is 5.56 Å². The van der Waals surface area contributed by atoms with Crippen molar-refractivity contribution in [1.29, 1.82) is 0 Å². The van der Waals surface area contributed by atoms with Gasteiger partial charge >= 0.3 is 0 Å². The molecule has 1 aliphatic rings. The summed E-state index contributed by atoms with van der Waals surface area (Å²) in [7, 11) is 3.54. The van der Waals surface area contributed by atoms with E-state index in [0.717, 1.165) is 29.5 Å². The summed E-state index contributed by atoms with van der Waals surface area (Å²) in [5.41, 5.74) is 0.801. The van der Waals surface area contributed by atoms with Crippen molar-refractivity contribution < 1.29 is 14.3 Å². The Labute approximate surface area is 173 Å². The second-order valence-corrected chi connectivity index (χ2v) is 8.65. The maximum absolute atomic E-state index is 12.6. The molecule has 1 heterocycles. The predicted octanol–water partition coefficient (Wildman–Crippen LogP) is 3.93. The first kappa shape index (κ1) is 21.2. The third kappa shape index (κ3) is 4.89. The minimum absolute atomic E-state index is 0.0748. The van der Waals surface area contributed by atoms with Gasteiger partial charge in [0, 0.05) is 37.4 Å². The van der Waals surface area contributed by atoms with Crippen molar-refractivity contribution in [3.63, 3.8) is 0 Å². The first-order valence-electron chi connectivity index (χ1n) is 10.4. The smallest absolute Gasteiger partial charge is 0.222 e. The van der Waals surface area contributed by atoms with E-state index in [0.29, 0.717) is 31.6 Å². The fourth-order valence-corrected chi connectivity index (χ4v) is 4.40. The summed E-state index contributed by atoms with van der Waals surface area (Å²) in [6.07, 6.45) is 3.08. The number of hydrogen-bond donors (Lipinski definition) is 1. The Morgan fingerprint density at radius 3 is 2.55 bits per heavy atom. The molecule has 5 nitrogen and oxygen atoms in total. The molecule has 0 saturated carbocycles. The summed E-state index contributed by atoms with van der Waals surface area (Å²) < 4.78 is 5.51. The van der Waals surface area contributed by atoms with Gasteiger partial charge in [-0.2, -0.15) is 0 Å². The van der Waals surface area contributed by atoms with Gasteiger partial charge in [0.15, 0.2) is 0 Å². The van der Waals surface area contributed by atoms with E-state index >= 15 is 0 Å². The Hall–Kier alpha value is -2.56. The number of benzene rings is 2. The molecule has 156 valence electrons. The van der Waals surface area contributed by atoms with Crippen LogP contribution in [0.25, 0.3) is 10.8 Å². The summed E-state index contributed by atoms with van der Waals surface area (Å²) in [5, 5.41) is 5.41. The van der Waals surface area contributed by atoms with Crippen molar-refractivity contribution in [1.82, 2.24) is 10.2 Å². The normalized spacial score (nSPS) is 18.9. The summed E-state index contributed by atoms with van der Waals surface area (Å²) in [5.74, 6) is 1.50. The molecule has 1 atom stereocenters. The molecule has 1 saturated heterocycles. The van der Waals surface area contributed by atoms with Gasteiger partial charge in [-0.25, -0.2) is 0 Å². The van der Waals surface area contributed by atoms with Gasteiger partial charge in [0.05, 0.1) is 7.11 Å². The number of ether oxygens (including phenoxy) is 1. The van der Waals surface area contributed by atoms with E-state index in [1.807, 2.05) is 25.2 Å². The average Bonchev–Trinajstić information content (AvgIpc) is 3.06. The van der Waals surface area contributed by atoms with Crippen molar-refractivity contribution in [3.8, 4) is 5.75 Å². The Morgan fingerprint density at radius 1 is 1.21 bits per heavy atom. The first-order chi connectivity index (χ1) is 13.8. The van der Waals surface area contributed by atoms with Gasteiger partial charge in [0.1, 0.15) is 5.75 Å². The van der Waals surface area contributed by atoms with Crippen LogP contribution in [0, 0.1) is 5.92 Å². The van der Waals surface area contributed by atoms with Gasteiger partial charge in [0.25, 0.3) is 0 Å². The number of nitrogens with zero attached hydrogens (tertiary/aromatic N) is 1. The zero-order chi connectivity index (χ0) is 21.0. The SMILES string of the molecule is COc1ccc(C[C@@]2(CCC(=O)N(C)CC(C)C)CCC(=O)N2)c2ccccc12. The molecular formula is C24H32N2O3. The minimum Gasteiger partial charge on any atom is -0.496 e. The number of methoxy groups -OCH3 is 1. The van der Waals surface area contributed by atoms with E-state index in [4.69, 9.17) is 4.74 Å². The standard InChI is InChI=1S/C24H32N2O3/c1-17(2)16-26(3)23(28)12-14-24(13-11-22(27)25-24)15-18-9-10-21(29-4)20-8-6-5-7-19(18)20/h5-10,17H,11-16H2,1-4H3,(H,25,27)/t24-/m0/s1. The number of carbonyl (C=O) groups is 2. The van der Waals surface area contributed by atoms with Crippen LogP contribution in [0.3, 0.4) is 0 Å². The lowest BCUT2D eigenvalue weighted by Gasteiger charge is -2.31. The largest absolute Gasteiger partial charge is 0.496 e. The molecule has 1 N–H and O–H groups in total. The number of fused-ring (bicyclic) bond motifs is 1. The van der Waals surface area contributed by atoms with Crippen molar-refractivity contribution in [2.75, 3.05) is 20.7 Å². The number of amides is 2. The third-order valence-corrected chi connectivity index (χ3v) is 5.84. The van der Waals surface area contributed by atoms with Crippen LogP contribution in [0.15, 0.2) is 36.4 Å². The lowest BCUT2D eigenvalue weighted by atomic mass is 9.83. The molecule has 1 aliphatic heterocycles. The maximum Gasteiger partial charge on any atom is 0.222 e. The van der Waals surface area contributed by atoms with Gasteiger partial charge in [-0.15, -0.1) is 0 Å². The summed E-state index contributed by atoms with van der Waals surface area (Å²) in [4.78, 5) is 26.5. The van der Waals surface area contributed by atoms with E-state index in [2.05, 4.69) is 37.4 Å². The summed E-state index contributed by atoms with van der Waals surface area (Å²) in [6.45, 7) is 4.97. The zero-order valence-corrected chi connectivity index (χ0v) is 18.0. The van der Waals surface area contributed by atoms with E-state index in [-0.39, 0.29) is 17.4 Å². The molecule has 0 spiro atoms. The number of carbonyl (C=O) groups excluding carboxylic acids is 2. The fourth-order valence-electron chi connectivity index (χ4n) is 4.40. The fraction of sp³-hybridized carbons (Fsp3) is 0.500. The molecule has 0 radical (unpaired) electrons. The van der Waals surface area contributed by atoms with Crippen LogP contribution in [0.2, 0.25) is 0 Å². The average molecular weight is 397 g/mol. The van der Waals surface area contributed by atoms with Gasteiger partial charge < -0.3 is 15.0 Å². The van der Waals surface area contributed by atoms with Crippen LogP contribution < -0.4 is 10.1 Å². The van der Waals surface area contributed by atoms with Crippen LogP contribution in [-0.2, 0) is 16.0 Å². The third-order valence-electron chi connectivity index (χ3n) is 5.84. The monoisotopic (exact) mass is 396 g/mol. The highest BCUT2D eigenvalue weighted by Crippen LogP contribution is 2.35. The number of nitrogens with one attached hydrogen (secondary N) is 1. The molecule has 0 bridgehead atoms. The van der Waals surface area contributed by atoms with Crippen molar-refractivity contribution in [2.24, 2.45) is 5.92 Å². The van der Waals surface area contributed by atoms with Crippen LogP contribution >= 0.6 is 0 Å². The molecule has 0 unspecified atom stereocenters. The van der Waals surface area contributed by atoms with Crippen molar-refractivity contribution in [2.45, 2.75) is 51.5 Å². The molecule has 5 heteroatoms. The van der Waals surface area contributed by atoms with Gasteiger partial charge in [0.2, 0.25) is 11.8 Å². The van der Waals surface area contributed by atoms with Gasteiger partial charge in [-0.1, -0.05) is 44.2 Å². The van der Waals surface area contributed by atoms with Gasteiger partial charge in [-0.3, -0.25) is 9.59 Å². The Balaban J connectivity index is 1.82. The number of rotatable bonds is 8. The van der Waals surface area contributed by atoms with Crippen LogP contribution in [0.4, 0.5) is 0 Å². The Kier molecular flexibility index (Phi) is 6.46. The molecular weight excluding hydrogens is 364 g/mol. The molecule has 2 aromatic carbocycles. The topological polar surface area (TPSA) is 58.6 Å². The first-order valence-corrected chi connectivity index (χ1v) is 10.4. The molecule has 0 aromatic heterocycles. The molecule has 2 aromatic rings. The minimum atomic E-state index is -0.372. The molecule has 1 fully saturated rings. The summed E-state index contributed by atoms with van der Waals surface area (Å²) in [6, 6.07) is 12.3. The lowest BCUT2D eigenvalue weighted by molar-refractivity contribution is -0.131. The van der Waals surface area contributed by atoms with E-state index < -0.39 is 0 Å². The zero-order valence-electron chi connectivity index (χ0n) is 18.0. The second kappa shape index (κ2) is 8.85. The van der Waals surface area contributed by atoms with E-state index in [1.54, 1.807) is 12.0 Å². The Morgan fingerprint density at radius 2 is 1.93 bits per heavy atom. The lowest BCUT2D eigenvalue weighted by Crippen LogP contribution is -2.45. The van der Waals surface area contributed by atoms with E-state index in [9.17, 15) is 9.59 Å². The van der Waals surface area contributed by atoms with Crippen molar-refractivity contribution >= 4 is 22.6 Å². The highest BCUT2D eigenvalue weighted by atomic mass is 16.5. The number of hydrogen-bond acceptors (Lipinski definition) is 3. The maximum atomic E-state index is 12.6. The van der Waals surface area contributed by atoms with Crippen LogP contribution in [0.1, 0.15) is 45.1 Å². The Bertz CT molecular complexity index is 893. The van der Waals surface area contributed by atoms with Crippen LogP contribution in [0.5, 0.6) is 5.75 Å². The van der Waals surface area contributed by atoms with Gasteiger partial charge in [-0.05, 0) is 42.2 Å². The van der Waals surface area contributed by atoms with Crippen LogP contribution in [-0.4, -0.2) is 43.0 Å². The second-order valence-electron chi connectivity index (χ2n) is 8.65. The molecule has 3 rings (SSSR count). The highest BCUT2D eigenvalue weighted by Gasteiger charge is 2.38. The summed E-state index contributed by atoms with van der Waals surface area (Å²) >= 11 is 0. The molecule has 0 aliphatic carbocycles. The highest BCUT2D eigenvalue weighted by molar-refractivity contribution is 5.91. The van der Waals surface area contributed by atoms with Crippen molar-refractivity contribution in [3.05, 3.63) is 42.0 Å². The molecule has 29 heavy (non-hydrogen) atoms.